The van der Waals surface area contributed by atoms with Crippen molar-refractivity contribution < 1.29 is 4.42 Å². The van der Waals surface area contributed by atoms with E-state index in [9.17, 15) is 0 Å². The van der Waals surface area contributed by atoms with Gasteiger partial charge in [-0.2, -0.15) is 0 Å². The standard InChI is InChI=1S/C63H37N5O/c1-2-22-43(23-3-1)67-52-29-12-10-26-48(52)58-49(28-15-30-53(58)67)62-64-61(47-27-14-21-38-16-8-9-24-44(38)47)65-63(66-62)59-54(33-32-46-45-25-11-13-31-57(45)69-60(46)59)68-55-36-41-19-6-4-17-39(41)34-50(55)51-35-40-18-5-7-20-42(40)37-56(51)68/h1-37H. The Labute approximate surface area is 394 Å². The largest absolute Gasteiger partial charge is 0.455 e. The van der Waals surface area contributed by atoms with Crippen LogP contribution in [0.2, 0.25) is 0 Å². The molecule has 0 fully saturated rings. The van der Waals surface area contributed by atoms with Crippen molar-refractivity contribution in [1.82, 2.24) is 24.1 Å². The molecule has 0 bridgehead atoms. The van der Waals surface area contributed by atoms with E-state index < -0.39 is 0 Å². The third-order valence-electron chi connectivity index (χ3n) is 14.1. The van der Waals surface area contributed by atoms with Crippen molar-refractivity contribution in [1.29, 1.82) is 0 Å². The summed E-state index contributed by atoms with van der Waals surface area (Å²) >= 11 is 0. The summed E-state index contributed by atoms with van der Waals surface area (Å²) in [4.78, 5) is 16.8. The highest BCUT2D eigenvalue weighted by molar-refractivity contribution is 6.19. The molecule has 0 spiro atoms. The Morgan fingerprint density at radius 3 is 1.59 bits per heavy atom. The van der Waals surface area contributed by atoms with Crippen molar-refractivity contribution in [2.45, 2.75) is 0 Å². The monoisotopic (exact) mass is 879 g/mol. The van der Waals surface area contributed by atoms with Gasteiger partial charge in [0.1, 0.15) is 11.2 Å². The summed E-state index contributed by atoms with van der Waals surface area (Å²) in [7, 11) is 0. The number of hydrogen-bond acceptors (Lipinski definition) is 4. The Bertz CT molecular complexity index is 4520. The van der Waals surface area contributed by atoms with Gasteiger partial charge in [0.2, 0.25) is 0 Å². The fourth-order valence-electron chi connectivity index (χ4n) is 11.0. The minimum Gasteiger partial charge on any atom is -0.455 e. The molecule has 0 aliphatic rings. The fourth-order valence-corrected chi connectivity index (χ4v) is 11.0. The molecule has 0 aliphatic heterocycles. The summed E-state index contributed by atoms with van der Waals surface area (Å²) in [5.41, 5.74) is 10.5. The number of fused-ring (bicyclic) bond motifs is 12. The zero-order chi connectivity index (χ0) is 45.2. The van der Waals surface area contributed by atoms with Gasteiger partial charge in [-0.3, -0.25) is 0 Å². The van der Waals surface area contributed by atoms with E-state index in [0.717, 1.165) is 98.8 Å². The van der Waals surface area contributed by atoms with Crippen LogP contribution < -0.4 is 0 Å². The van der Waals surface area contributed by atoms with Gasteiger partial charge in [0, 0.05) is 49.1 Å². The van der Waals surface area contributed by atoms with Crippen molar-refractivity contribution in [3.8, 4) is 45.5 Å². The summed E-state index contributed by atoms with van der Waals surface area (Å²) in [6, 6.07) is 79.7. The second-order valence-corrected chi connectivity index (χ2v) is 17.9. The maximum Gasteiger partial charge on any atom is 0.170 e. The lowest BCUT2D eigenvalue weighted by atomic mass is 10.0. The molecule has 4 aromatic heterocycles. The minimum atomic E-state index is 0.517. The zero-order valence-corrected chi connectivity index (χ0v) is 37.0. The first-order chi connectivity index (χ1) is 34.2. The molecule has 0 saturated carbocycles. The van der Waals surface area contributed by atoms with Crippen LogP contribution in [0.4, 0.5) is 0 Å². The third-order valence-corrected chi connectivity index (χ3v) is 14.1. The Kier molecular flexibility index (Phi) is 7.97. The molecule has 69 heavy (non-hydrogen) atoms. The predicted molar refractivity (Wildman–Crippen MR) is 285 cm³/mol. The highest BCUT2D eigenvalue weighted by Crippen LogP contribution is 2.45. The van der Waals surface area contributed by atoms with Gasteiger partial charge in [0.25, 0.3) is 0 Å². The van der Waals surface area contributed by atoms with Crippen LogP contribution >= 0.6 is 0 Å². The number of nitrogens with zero attached hydrogens (tertiary/aromatic N) is 5. The molecule has 4 heterocycles. The molecule has 0 aliphatic carbocycles. The van der Waals surface area contributed by atoms with Crippen LogP contribution in [-0.4, -0.2) is 24.1 Å². The molecule has 6 nitrogen and oxygen atoms in total. The highest BCUT2D eigenvalue weighted by Gasteiger charge is 2.26. The number of rotatable bonds is 5. The van der Waals surface area contributed by atoms with E-state index >= 15 is 0 Å². The molecule has 15 aromatic rings. The first-order valence-electron chi connectivity index (χ1n) is 23.3. The lowest BCUT2D eigenvalue weighted by Gasteiger charge is -2.16. The maximum atomic E-state index is 7.07. The van der Waals surface area contributed by atoms with Gasteiger partial charge in [-0.15, -0.1) is 0 Å². The van der Waals surface area contributed by atoms with E-state index in [4.69, 9.17) is 19.4 Å². The van der Waals surface area contributed by atoms with Crippen molar-refractivity contribution in [3.63, 3.8) is 0 Å². The second-order valence-electron chi connectivity index (χ2n) is 17.9. The number of benzene rings is 11. The van der Waals surface area contributed by atoms with Crippen molar-refractivity contribution >= 4 is 97.9 Å². The normalized spacial score (nSPS) is 12.1. The van der Waals surface area contributed by atoms with E-state index in [-0.39, 0.29) is 0 Å². The summed E-state index contributed by atoms with van der Waals surface area (Å²) in [5.74, 6) is 1.67. The van der Waals surface area contributed by atoms with Crippen LogP contribution in [0.3, 0.4) is 0 Å². The van der Waals surface area contributed by atoms with Crippen LogP contribution in [0.5, 0.6) is 0 Å². The quantitative estimate of drug-likeness (QED) is 0.173. The van der Waals surface area contributed by atoms with Crippen LogP contribution in [0.25, 0.3) is 143 Å². The molecular weight excluding hydrogens is 843 g/mol. The summed E-state index contributed by atoms with van der Waals surface area (Å²) in [6.45, 7) is 0. The molecule has 0 N–H and O–H groups in total. The van der Waals surface area contributed by atoms with Crippen LogP contribution in [-0.2, 0) is 0 Å². The number of hydrogen-bond donors (Lipinski definition) is 0. The molecule has 0 atom stereocenters. The van der Waals surface area contributed by atoms with Crippen molar-refractivity contribution in [2.24, 2.45) is 0 Å². The molecule has 0 radical (unpaired) electrons. The van der Waals surface area contributed by atoms with E-state index in [1.807, 2.05) is 12.1 Å². The van der Waals surface area contributed by atoms with Gasteiger partial charge in [-0.25, -0.2) is 15.0 Å². The molecular formula is C63H37N5O. The number of aromatic nitrogens is 5. The lowest BCUT2D eigenvalue weighted by Crippen LogP contribution is -2.04. The summed E-state index contributed by atoms with van der Waals surface area (Å²) in [6.07, 6.45) is 0. The van der Waals surface area contributed by atoms with E-state index in [2.05, 4.69) is 221 Å². The molecule has 320 valence electrons. The van der Waals surface area contributed by atoms with Gasteiger partial charge in [0.05, 0.1) is 33.3 Å². The SMILES string of the molecule is c1ccc(-n2c3ccccc3c3c(-c4nc(-c5cccc6ccccc56)nc(-c5c(-n6c7cc8ccccc8cc7c7cc8ccccc8cc76)ccc6c5oc5ccccc56)n4)cccc32)cc1. The molecule has 0 unspecified atom stereocenters. The molecule has 0 saturated heterocycles. The zero-order valence-electron chi connectivity index (χ0n) is 37.0. The first-order valence-corrected chi connectivity index (χ1v) is 23.3. The molecule has 0 amide bonds. The first kappa shape index (κ1) is 37.8. The second kappa shape index (κ2) is 14.6. The summed E-state index contributed by atoms with van der Waals surface area (Å²) in [5, 5.41) is 13.4. The van der Waals surface area contributed by atoms with E-state index in [1.54, 1.807) is 0 Å². The predicted octanol–water partition coefficient (Wildman–Crippen LogP) is 16.4. The van der Waals surface area contributed by atoms with E-state index in [1.165, 1.54) is 21.5 Å². The van der Waals surface area contributed by atoms with Gasteiger partial charge >= 0.3 is 0 Å². The fraction of sp³-hybridized carbons (Fsp3) is 0. The Balaban J connectivity index is 1.10. The van der Waals surface area contributed by atoms with Gasteiger partial charge in [-0.05, 0) is 99.0 Å². The van der Waals surface area contributed by atoms with Gasteiger partial charge in [0.15, 0.2) is 17.5 Å². The minimum absolute atomic E-state index is 0.517. The number of para-hydroxylation sites is 3. The molecule has 6 heteroatoms. The average molecular weight is 880 g/mol. The highest BCUT2D eigenvalue weighted by atomic mass is 16.3. The van der Waals surface area contributed by atoms with Crippen LogP contribution in [0.1, 0.15) is 0 Å². The average Bonchev–Trinajstić information content (AvgIpc) is 4.06. The van der Waals surface area contributed by atoms with Crippen molar-refractivity contribution in [3.05, 3.63) is 224 Å². The lowest BCUT2D eigenvalue weighted by molar-refractivity contribution is 0.669. The Morgan fingerprint density at radius 1 is 0.319 bits per heavy atom. The topological polar surface area (TPSA) is 61.7 Å². The molecule has 15 rings (SSSR count). The van der Waals surface area contributed by atoms with Gasteiger partial charge in [-0.1, -0.05) is 158 Å². The van der Waals surface area contributed by atoms with Crippen LogP contribution in [0.15, 0.2) is 229 Å². The smallest absolute Gasteiger partial charge is 0.170 e. The summed E-state index contributed by atoms with van der Waals surface area (Å²) < 4.78 is 11.8. The van der Waals surface area contributed by atoms with Crippen molar-refractivity contribution in [2.75, 3.05) is 0 Å². The Morgan fingerprint density at radius 2 is 0.855 bits per heavy atom. The Hall–Kier alpha value is -9.39. The maximum absolute atomic E-state index is 7.07. The third kappa shape index (κ3) is 5.63. The van der Waals surface area contributed by atoms with Gasteiger partial charge < -0.3 is 13.6 Å². The van der Waals surface area contributed by atoms with E-state index in [0.29, 0.717) is 23.1 Å². The van der Waals surface area contributed by atoms with Crippen LogP contribution in [0, 0.1) is 0 Å². The number of furan rings is 1. The molecule has 11 aromatic carbocycles.